The molecule has 0 atom stereocenters. The molecule has 4 heteroatoms. The number of hydrogen-bond donors (Lipinski definition) is 2. The molecule has 0 radical (unpaired) electrons. The van der Waals surface area contributed by atoms with Gasteiger partial charge in [0.2, 0.25) is 5.91 Å². The molecular weight excluding hydrogens is 252 g/mol. The minimum absolute atomic E-state index is 0.0175. The Balaban J connectivity index is 1.72. The van der Waals surface area contributed by atoms with E-state index in [1.54, 1.807) is 6.26 Å². The molecule has 106 valence electrons. The molecule has 4 nitrogen and oxygen atoms in total. The van der Waals surface area contributed by atoms with E-state index >= 15 is 0 Å². The van der Waals surface area contributed by atoms with Crippen molar-refractivity contribution in [3.8, 4) is 0 Å². The van der Waals surface area contributed by atoms with Crippen LogP contribution in [0.5, 0.6) is 0 Å². The summed E-state index contributed by atoms with van der Waals surface area (Å²) in [5.74, 6) is 0.892. The van der Waals surface area contributed by atoms with Gasteiger partial charge in [-0.2, -0.15) is 0 Å². The van der Waals surface area contributed by atoms with Crippen molar-refractivity contribution in [2.45, 2.75) is 26.8 Å². The summed E-state index contributed by atoms with van der Waals surface area (Å²) in [6, 6.07) is 9.76. The van der Waals surface area contributed by atoms with Crippen LogP contribution in [0.3, 0.4) is 0 Å². The molecule has 0 bridgehead atoms. The predicted molar refractivity (Wildman–Crippen MR) is 79.6 cm³/mol. The molecule has 0 aliphatic rings. The summed E-state index contributed by atoms with van der Waals surface area (Å²) in [6.45, 7) is 5.30. The molecule has 20 heavy (non-hydrogen) atoms. The number of benzene rings is 1. The summed E-state index contributed by atoms with van der Waals surface area (Å²) in [7, 11) is 0. The van der Waals surface area contributed by atoms with Gasteiger partial charge >= 0.3 is 0 Å². The van der Waals surface area contributed by atoms with E-state index in [1.807, 2.05) is 38.1 Å². The fourth-order valence-corrected chi connectivity index (χ4v) is 1.99. The third kappa shape index (κ3) is 4.24. The van der Waals surface area contributed by atoms with Gasteiger partial charge in [-0.05, 0) is 37.6 Å². The fraction of sp³-hybridized carbons (Fsp3) is 0.312. The number of carbonyl (C=O) groups is 1. The lowest BCUT2D eigenvalue weighted by molar-refractivity contribution is -0.116. The van der Waals surface area contributed by atoms with Crippen molar-refractivity contribution in [3.05, 3.63) is 53.5 Å². The van der Waals surface area contributed by atoms with E-state index < -0.39 is 0 Å². The molecule has 0 aliphatic heterocycles. The van der Waals surface area contributed by atoms with Crippen molar-refractivity contribution in [2.75, 3.05) is 11.9 Å². The molecule has 0 fully saturated rings. The molecule has 1 aromatic heterocycles. The van der Waals surface area contributed by atoms with Crippen molar-refractivity contribution in [3.63, 3.8) is 0 Å². The third-order valence-corrected chi connectivity index (χ3v) is 3.06. The van der Waals surface area contributed by atoms with Gasteiger partial charge in [-0.15, -0.1) is 0 Å². The van der Waals surface area contributed by atoms with E-state index in [0.717, 1.165) is 17.0 Å². The van der Waals surface area contributed by atoms with Gasteiger partial charge in [0.25, 0.3) is 0 Å². The van der Waals surface area contributed by atoms with Crippen LogP contribution >= 0.6 is 0 Å². The normalized spacial score (nSPS) is 10.5. The van der Waals surface area contributed by atoms with E-state index in [9.17, 15) is 4.79 Å². The molecule has 0 spiro atoms. The van der Waals surface area contributed by atoms with Crippen molar-refractivity contribution in [2.24, 2.45) is 0 Å². The monoisotopic (exact) mass is 272 g/mol. The lowest BCUT2D eigenvalue weighted by Crippen LogP contribution is -2.21. The molecule has 2 aromatic rings. The first kappa shape index (κ1) is 14.3. The number of furan rings is 1. The number of hydrogen-bond acceptors (Lipinski definition) is 3. The molecule has 1 aromatic carbocycles. The quantitative estimate of drug-likeness (QED) is 0.795. The molecule has 2 rings (SSSR count). The zero-order valence-corrected chi connectivity index (χ0v) is 11.9. The molecular formula is C16H20N2O2. The second-order valence-corrected chi connectivity index (χ2v) is 4.87. The summed E-state index contributed by atoms with van der Waals surface area (Å²) >= 11 is 0. The maximum absolute atomic E-state index is 11.8. The Hall–Kier alpha value is -2.07. The SMILES string of the molecule is Cc1ccc(NC(=O)CCNCc2ccco2)c(C)c1. The van der Waals surface area contributed by atoms with Crippen LogP contribution in [-0.2, 0) is 11.3 Å². The molecule has 0 saturated carbocycles. The topological polar surface area (TPSA) is 54.3 Å². The molecule has 0 unspecified atom stereocenters. The zero-order chi connectivity index (χ0) is 14.4. The molecule has 1 heterocycles. The Morgan fingerprint density at radius 2 is 2.10 bits per heavy atom. The summed E-state index contributed by atoms with van der Waals surface area (Å²) in [4.78, 5) is 11.8. The summed E-state index contributed by atoms with van der Waals surface area (Å²) in [6.07, 6.45) is 2.08. The van der Waals surface area contributed by atoms with Crippen LogP contribution in [0.1, 0.15) is 23.3 Å². The third-order valence-electron chi connectivity index (χ3n) is 3.06. The number of nitrogens with one attached hydrogen (secondary N) is 2. The van der Waals surface area contributed by atoms with Gasteiger partial charge in [0.1, 0.15) is 5.76 Å². The molecule has 2 N–H and O–H groups in total. The van der Waals surface area contributed by atoms with Crippen molar-refractivity contribution in [1.29, 1.82) is 0 Å². The first-order valence-electron chi connectivity index (χ1n) is 6.75. The minimum Gasteiger partial charge on any atom is -0.468 e. The van der Waals surface area contributed by atoms with Gasteiger partial charge in [0.15, 0.2) is 0 Å². The first-order chi connectivity index (χ1) is 9.65. The van der Waals surface area contributed by atoms with Gasteiger partial charge in [0.05, 0.1) is 12.8 Å². The second kappa shape index (κ2) is 6.91. The van der Waals surface area contributed by atoms with Gasteiger partial charge < -0.3 is 15.1 Å². The Labute approximate surface area is 119 Å². The highest BCUT2D eigenvalue weighted by Gasteiger charge is 2.04. The van der Waals surface area contributed by atoms with Crippen LogP contribution in [0.25, 0.3) is 0 Å². The maximum Gasteiger partial charge on any atom is 0.225 e. The van der Waals surface area contributed by atoms with Crippen molar-refractivity contribution >= 4 is 11.6 Å². The summed E-state index contributed by atoms with van der Waals surface area (Å²) in [5, 5.41) is 6.10. The first-order valence-corrected chi connectivity index (χ1v) is 6.75. The Morgan fingerprint density at radius 3 is 2.80 bits per heavy atom. The Kier molecular flexibility index (Phi) is 4.96. The van der Waals surface area contributed by atoms with Gasteiger partial charge in [-0.25, -0.2) is 0 Å². The van der Waals surface area contributed by atoms with Crippen LogP contribution in [-0.4, -0.2) is 12.5 Å². The van der Waals surface area contributed by atoms with E-state index in [2.05, 4.69) is 16.7 Å². The average molecular weight is 272 g/mol. The summed E-state index contributed by atoms with van der Waals surface area (Å²) in [5.41, 5.74) is 3.16. The second-order valence-electron chi connectivity index (χ2n) is 4.87. The lowest BCUT2D eigenvalue weighted by Gasteiger charge is -2.09. The summed E-state index contributed by atoms with van der Waals surface area (Å²) < 4.78 is 5.20. The van der Waals surface area contributed by atoms with E-state index in [4.69, 9.17) is 4.42 Å². The van der Waals surface area contributed by atoms with Crippen LogP contribution in [0.4, 0.5) is 5.69 Å². The smallest absolute Gasteiger partial charge is 0.225 e. The van der Waals surface area contributed by atoms with Crippen molar-refractivity contribution in [1.82, 2.24) is 5.32 Å². The van der Waals surface area contributed by atoms with Crippen LogP contribution < -0.4 is 10.6 Å². The van der Waals surface area contributed by atoms with Gasteiger partial charge in [-0.1, -0.05) is 17.7 Å². The standard InChI is InChI=1S/C16H20N2O2/c1-12-5-6-15(13(2)10-12)18-16(19)7-8-17-11-14-4-3-9-20-14/h3-6,9-10,17H,7-8,11H2,1-2H3,(H,18,19). The Bertz CT molecular complexity index is 562. The van der Waals surface area contributed by atoms with Gasteiger partial charge in [-0.3, -0.25) is 4.79 Å². The molecule has 0 saturated heterocycles. The van der Waals surface area contributed by atoms with Crippen LogP contribution in [0, 0.1) is 13.8 Å². The molecule has 1 amide bonds. The fourth-order valence-electron chi connectivity index (χ4n) is 1.99. The highest BCUT2D eigenvalue weighted by Crippen LogP contribution is 2.16. The molecule has 0 aliphatic carbocycles. The van der Waals surface area contributed by atoms with E-state index in [0.29, 0.717) is 19.5 Å². The number of rotatable bonds is 6. The Morgan fingerprint density at radius 1 is 1.25 bits per heavy atom. The highest BCUT2D eigenvalue weighted by atomic mass is 16.3. The highest BCUT2D eigenvalue weighted by molar-refractivity contribution is 5.91. The average Bonchev–Trinajstić information content (AvgIpc) is 2.91. The van der Waals surface area contributed by atoms with Crippen LogP contribution in [0.15, 0.2) is 41.0 Å². The van der Waals surface area contributed by atoms with Crippen LogP contribution in [0.2, 0.25) is 0 Å². The van der Waals surface area contributed by atoms with E-state index in [1.165, 1.54) is 5.56 Å². The number of carbonyl (C=O) groups excluding carboxylic acids is 1. The lowest BCUT2D eigenvalue weighted by atomic mass is 10.1. The van der Waals surface area contributed by atoms with Gasteiger partial charge in [0, 0.05) is 18.7 Å². The van der Waals surface area contributed by atoms with Crippen molar-refractivity contribution < 1.29 is 9.21 Å². The van der Waals surface area contributed by atoms with E-state index in [-0.39, 0.29) is 5.91 Å². The zero-order valence-electron chi connectivity index (χ0n) is 11.9. The maximum atomic E-state index is 11.8. The number of aryl methyl sites for hydroxylation is 2. The minimum atomic E-state index is 0.0175. The predicted octanol–water partition coefficient (Wildman–Crippen LogP) is 3.01. The number of anilines is 1. The largest absolute Gasteiger partial charge is 0.468 e. The number of amides is 1.